The average molecular weight is 294 g/mol. The molecule has 0 N–H and O–H groups in total. The van der Waals surface area contributed by atoms with Crippen molar-refractivity contribution in [3.63, 3.8) is 0 Å². The Morgan fingerprint density at radius 3 is 1.25 bits per heavy atom. The molecule has 0 fully saturated rings. The Labute approximate surface area is 76.0 Å². The number of hydrogen-bond acceptors (Lipinski definition) is 2. The molecular weight excluding hydrogens is 294 g/mol. The van der Waals surface area contributed by atoms with E-state index < -0.39 is 0 Å². The van der Waals surface area contributed by atoms with Gasteiger partial charge in [0.1, 0.15) is 0 Å². The maximum atomic E-state index is 8.38. The standard InChI is InChI=1S/2O.Y.Yb. The molecule has 2 nitrogen and oxygen atoms in total. The molecule has 29 valence electrons. The molecule has 0 rings (SSSR count). The minimum atomic E-state index is 0.100. The van der Waals surface area contributed by atoms with E-state index in [9.17, 15) is 0 Å². The molecule has 0 aliphatic rings. The van der Waals surface area contributed by atoms with Gasteiger partial charge in [-0.1, -0.05) is 0 Å². The van der Waals surface area contributed by atoms with E-state index in [2.05, 4.69) is 0 Å². The van der Waals surface area contributed by atoms with Gasteiger partial charge in [-0.05, 0) is 0 Å². The molecule has 0 aromatic carbocycles. The minimum absolute atomic E-state index is 0.100. The predicted molar refractivity (Wildman–Crippen MR) is 1.37 cm³/mol. The second kappa shape index (κ2) is 18.8. The zero-order valence-corrected chi connectivity index (χ0v) is 6.21. The molecule has 0 saturated carbocycles. The third kappa shape index (κ3) is 8.88. The van der Waals surface area contributed by atoms with Crippen molar-refractivity contribution >= 4 is 0 Å². The van der Waals surface area contributed by atoms with Crippen LogP contribution in [-0.2, 0) is 33.3 Å². The van der Waals surface area contributed by atoms with Crippen LogP contribution in [0, 0.1) is 44.8 Å². The molecule has 4 heteroatoms. The summed E-state index contributed by atoms with van der Waals surface area (Å²) in [6.45, 7) is 0. The first-order valence-corrected chi connectivity index (χ1v) is 2.20. The van der Waals surface area contributed by atoms with E-state index in [1.165, 1.54) is 44.8 Å². The number of hydrogen-bond donors (Lipinski definition) is 0. The van der Waals surface area contributed by atoms with E-state index in [1.54, 1.807) is 0 Å². The van der Waals surface area contributed by atoms with Crippen LogP contribution in [0.15, 0.2) is 0 Å². The fourth-order valence-corrected chi connectivity index (χ4v) is 0. The molecule has 0 aromatic rings. The van der Waals surface area contributed by atoms with Crippen LogP contribution in [0.4, 0.5) is 0 Å². The normalized spacial score (nSPS) is 3.00. The SMILES string of the molecule is [O]=[Y].[O]=[Yb]. The Morgan fingerprint density at radius 1 is 1.25 bits per heavy atom. The molecule has 0 heterocycles. The van der Waals surface area contributed by atoms with Gasteiger partial charge in [-0.15, -0.1) is 0 Å². The van der Waals surface area contributed by atoms with E-state index in [-0.39, 0.29) is 31.0 Å². The van der Waals surface area contributed by atoms with Crippen LogP contribution in [0.3, 0.4) is 0 Å². The zero-order valence-electron chi connectivity index (χ0n) is 1.66. The summed E-state index contributed by atoms with van der Waals surface area (Å²) in [4.78, 5) is 0. The van der Waals surface area contributed by atoms with Gasteiger partial charge in [-0.2, -0.15) is 0 Å². The van der Waals surface area contributed by atoms with Crippen LogP contribution >= 0.6 is 0 Å². The Morgan fingerprint density at radius 2 is 1.25 bits per heavy atom. The van der Waals surface area contributed by atoms with Gasteiger partial charge in [0, 0.05) is 0 Å². The summed E-state index contributed by atoms with van der Waals surface area (Å²) in [5.41, 5.74) is 0. The molecule has 0 unspecified atom stereocenters. The van der Waals surface area contributed by atoms with Crippen molar-refractivity contribution in [2.75, 3.05) is 0 Å². The third-order valence-corrected chi connectivity index (χ3v) is 0. The van der Waals surface area contributed by atoms with Gasteiger partial charge in [0.25, 0.3) is 0 Å². The van der Waals surface area contributed by atoms with Crippen molar-refractivity contribution in [3.8, 4) is 0 Å². The second-order valence-electron chi connectivity index (χ2n) is 0. The van der Waals surface area contributed by atoms with E-state index in [1.807, 2.05) is 0 Å². The summed E-state index contributed by atoms with van der Waals surface area (Å²) in [7, 11) is 0. The number of rotatable bonds is 0. The van der Waals surface area contributed by atoms with E-state index >= 15 is 0 Å². The molecule has 0 bridgehead atoms. The van der Waals surface area contributed by atoms with Crippen molar-refractivity contribution in [1.29, 1.82) is 0 Å². The first-order valence-electron chi connectivity index (χ1n) is 0.345. The monoisotopic (exact) mass is 295 g/mol. The molecule has 0 amide bonds. The van der Waals surface area contributed by atoms with Gasteiger partial charge in [-0.25, -0.2) is 0 Å². The maximum absolute atomic E-state index is 8.38. The Balaban J connectivity index is 0. The van der Waals surface area contributed by atoms with Crippen molar-refractivity contribution in [3.05, 3.63) is 0 Å². The van der Waals surface area contributed by atoms with Crippen LogP contribution in [0.2, 0.25) is 0 Å². The summed E-state index contributed by atoms with van der Waals surface area (Å²) in [6, 6.07) is 0. The van der Waals surface area contributed by atoms with Crippen molar-refractivity contribution in [2.24, 2.45) is 0 Å². The molecule has 0 saturated heterocycles. The molecule has 0 radical (unpaired) electrons. The van der Waals surface area contributed by atoms with Crippen LogP contribution < -0.4 is 0 Å². The molecule has 0 aromatic heterocycles. The summed E-state index contributed by atoms with van der Waals surface area (Å²) < 4.78 is 16.5. The van der Waals surface area contributed by atoms with Crippen LogP contribution in [0.5, 0.6) is 0 Å². The van der Waals surface area contributed by atoms with Gasteiger partial charge in [-0.3, -0.25) is 0 Å². The summed E-state index contributed by atoms with van der Waals surface area (Å²) in [6.07, 6.45) is 0. The summed E-state index contributed by atoms with van der Waals surface area (Å²) in [5.74, 6) is 0. The van der Waals surface area contributed by atoms with Crippen molar-refractivity contribution < 1.29 is 78.1 Å². The molecular formula is O2YYb. The van der Waals surface area contributed by atoms with Gasteiger partial charge in [0.2, 0.25) is 0 Å². The van der Waals surface area contributed by atoms with Crippen LogP contribution in [-0.4, -0.2) is 0 Å². The molecule has 0 spiro atoms. The average Bonchev–Trinajstić information content (AvgIpc) is 1.50. The zero-order chi connectivity index (χ0) is 4.00. The molecule has 4 heavy (non-hydrogen) atoms. The van der Waals surface area contributed by atoms with Crippen molar-refractivity contribution in [1.82, 2.24) is 0 Å². The summed E-state index contributed by atoms with van der Waals surface area (Å²) in [5, 5.41) is 0. The van der Waals surface area contributed by atoms with Gasteiger partial charge in [0.15, 0.2) is 0 Å². The second-order valence-corrected chi connectivity index (χ2v) is 0. The van der Waals surface area contributed by atoms with Crippen LogP contribution in [0.1, 0.15) is 0 Å². The van der Waals surface area contributed by atoms with Gasteiger partial charge in [0.05, 0.1) is 0 Å². The first-order chi connectivity index (χ1) is 2.00. The van der Waals surface area contributed by atoms with Gasteiger partial charge < -0.3 is 0 Å². The first kappa shape index (κ1) is 9.52. The molecule has 0 aliphatic carbocycles. The predicted octanol–water partition coefficient (Wildman–Crippen LogP) is -0.240. The fraction of sp³-hybridized carbons (Fsp3) is 0. The van der Waals surface area contributed by atoms with E-state index in [0.29, 0.717) is 0 Å². The van der Waals surface area contributed by atoms with Crippen LogP contribution in [0.25, 0.3) is 0 Å². The Kier molecular flexibility index (Phi) is 44.9. The summed E-state index contributed by atoms with van der Waals surface area (Å²) >= 11 is 1.54. The molecule has 0 atom stereocenters. The quantitative estimate of drug-likeness (QED) is 0.618. The Bertz CT molecular complexity index is 8.00. The fourth-order valence-electron chi connectivity index (χ4n) is 0. The van der Waals surface area contributed by atoms with Crippen molar-refractivity contribution in [2.45, 2.75) is 0 Å². The molecule has 0 aliphatic heterocycles. The van der Waals surface area contributed by atoms with E-state index in [0.717, 1.165) is 0 Å². The Hall–Kier alpha value is 2.22. The van der Waals surface area contributed by atoms with E-state index in [4.69, 9.17) is 2.33 Å². The topological polar surface area (TPSA) is 34.1 Å². The third-order valence-electron chi connectivity index (χ3n) is 0. The van der Waals surface area contributed by atoms with Gasteiger partial charge >= 0.3 is 78.1 Å².